The van der Waals surface area contributed by atoms with E-state index in [0.717, 1.165) is 63.7 Å². The Balaban J connectivity index is 0.821. The maximum atomic E-state index is 13.1. The molecule has 4 aliphatic carbocycles. The van der Waals surface area contributed by atoms with E-state index in [1.54, 1.807) is 0 Å². The first-order chi connectivity index (χ1) is 34.1. The number of ether oxygens (including phenoxy) is 9. The highest BCUT2D eigenvalue weighted by molar-refractivity contribution is 5.89. The molecular weight excluding hydrogens is 954 g/mol. The molecule has 0 amide bonds. The third-order valence-corrected chi connectivity index (χ3v) is 19.0. The smallest absolute Gasteiger partial charge is 0.416 e. The zero-order chi connectivity index (χ0) is 51.4. The number of rotatable bonds is 10. The number of esters is 1. The molecule has 1 aromatic carbocycles. The Bertz CT molecular complexity index is 2120. The third kappa shape index (κ3) is 9.20. The van der Waals surface area contributed by atoms with Crippen molar-refractivity contribution in [1.82, 2.24) is 0 Å². The van der Waals surface area contributed by atoms with Gasteiger partial charge >= 0.3 is 12.1 Å². The lowest BCUT2D eigenvalue weighted by atomic mass is 9.47. The van der Waals surface area contributed by atoms with Gasteiger partial charge < -0.3 is 78.4 Å². The molecule has 0 aromatic heterocycles. The third-order valence-electron chi connectivity index (χ3n) is 19.0. The number of benzene rings is 1. The number of hydrogen-bond donors (Lipinski definition) is 7. The van der Waals surface area contributed by atoms with Crippen LogP contribution in [0.2, 0.25) is 0 Å². The fourth-order valence-corrected chi connectivity index (χ4v) is 14.9. The van der Waals surface area contributed by atoms with Crippen molar-refractivity contribution in [2.75, 3.05) is 19.8 Å². The highest BCUT2D eigenvalue weighted by atomic mass is 19.4. The molecule has 8 fully saturated rings. The predicted molar refractivity (Wildman–Crippen MR) is 243 cm³/mol. The lowest BCUT2D eigenvalue weighted by Gasteiger charge is -2.58. The summed E-state index contributed by atoms with van der Waals surface area (Å²) in [5.41, 5.74) is 0.200. The summed E-state index contributed by atoms with van der Waals surface area (Å²) in [5, 5.41) is 76.9. The molecule has 5 aliphatic heterocycles. The maximum absolute atomic E-state index is 13.1. The van der Waals surface area contributed by atoms with Crippen molar-refractivity contribution in [1.29, 1.82) is 0 Å². The highest BCUT2D eigenvalue weighted by Gasteiger charge is 2.69. The van der Waals surface area contributed by atoms with Crippen LogP contribution < -0.4 is 0 Å². The summed E-state index contributed by atoms with van der Waals surface area (Å²) in [4.78, 5) is 12.7. The van der Waals surface area contributed by atoms with Gasteiger partial charge in [0.2, 0.25) is 0 Å². The fourth-order valence-electron chi connectivity index (χ4n) is 14.9. The topological polar surface area (TPSA) is 242 Å². The zero-order valence-corrected chi connectivity index (χ0v) is 41.4. The van der Waals surface area contributed by atoms with E-state index in [2.05, 4.69) is 33.8 Å². The Morgan fingerprint density at radius 2 is 1.46 bits per heavy atom. The molecule has 0 bridgehead atoms. The highest BCUT2D eigenvalue weighted by Crippen LogP contribution is 2.71. The van der Waals surface area contributed by atoms with Gasteiger partial charge in [0.05, 0.1) is 42.7 Å². The first kappa shape index (κ1) is 53.0. The van der Waals surface area contributed by atoms with E-state index >= 15 is 0 Å². The van der Waals surface area contributed by atoms with Crippen LogP contribution in [0.1, 0.15) is 108 Å². The van der Waals surface area contributed by atoms with Gasteiger partial charge in [-0.15, -0.1) is 0 Å². The molecule has 72 heavy (non-hydrogen) atoms. The minimum Gasteiger partial charge on any atom is -0.459 e. The standard InChI is InChI=1S/C52H73F3O17/c1-23-12-17-51(65-21-23)24(2)36-33(72-51)19-32-30-11-10-28-18-29(13-15-49(28,4)31(30)14-16-50(32,36)5)67-48-44(71-46-41(61)39(59)37(57)25(3)66-46)42(62)43(34(20-56)68-48)70-47-40(60)38(58)35(69-47)22-64-45(63)26-6-8-27(9-7-26)52(53,54)55/h6-10,23-25,29-44,46-48,56-62H,11-22H2,1-5H3/t23-,24+,25+,29+,30?,31?,32?,33?,34-,35+,36?,37+,38+,39-,40-,41-,42+,43-,44-,46?,47?,48-,49+,50+,51-/m1/s1. The molecule has 1 spiro atoms. The summed E-state index contributed by atoms with van der Waals surface area (Å²) in [6, 6.07) is 3.30. The number of carbonyl (C=O) groups excluding carboxylic acids is 1. The van der Waals surface area contributed by atoms with Crippen molar-refractivity contribution in [3.8, 4) is 0 Å². The summed E-state index contributed by atoms with van der Waals surface area (Å²) in [7, 11) is 0. The van der Waals surface area contributed by atoms with Crippen molar-refractivity contribution in [3.63, 3.8) is 0 Å². The van der Waals surface area contributed by atoms with E-state index in [4.69, 9.17) is 42.6 Å². The van der Waals surface area contributed by atoms with E-state index in [-0.39, 0.29) is 22.5 Å². The first-order valence-electron chi connectivity index (χ1n) is 26.0. The summed E-state index contributed by atoms with van der Waals surface area (Å²) in [6.07, 6.45) is -16.0. The Hall–Kier alpha value is -2.38. The molecule has 20 heteroatoms. The largest absolute Gasteiger partial charge is 0.459 e. The number of carbonyl (C=O) groups is 1. The molecule has 3 saturated carbocycles. The van der Waals surface area contributed by atoms with E-state index < -0.39 is 129 Å². The summed E-state index contributed by atoms with van der Waals surface area (Å²) < 4.78 is 94.7. The Morgan fingerprint density at radius 1 is 0.764 bits per heavy atom. The molecule has 1 aromatic rings. The van der Waals surface area contributed by atoms with Crippen molar-refractivity contribution in [2.45, 2.75) is 203 Å². The molecule has 5 saturated heterocycles. The Labute approximate surface area is 417 Å². The SMILES string of the molecule is C[C@@H]1CC[C@@]2(OC1)OC1CC3C4CC=C5C[C@@H](O[C@@H]6O[C@H](CO)[C@@H](OC7O[C@@H](COC(=O)c8ccc(C(F)(F)F)cc8)[C@H](O)[C@H]7O)[C@H](O)[C@H]6OC6O[C@@H](C)[C@H](O)[C@@H](O)[C@H]6O)CC[C@]5(C)C4CC[C@]3(C)C1[C@@H]2C. The normalized spacial score (nSPS) is 50.2. The molecule has 404 valence electrons. The number of hydrogen-bond acceptors (Lipinski definition) is 17. The Morgan fingerprint density at radius 3 is 2.15 bits per heavy atom. The lowest BCUT2D eigenvalue weighted by molar-refractivity contribution is -0.380. The molecule has 9 aliphatic rings. The monoisotopic (exact) mass is 1030 g/mol. The van der Waals surface area contributed by atoms with Crippen LogP contribution in [0.25, 0.3) is 0 Å². The number of halogens is 3. The molecule has 10 rings (SSSR count). The van der Waals surface area contributed by atoms with E-state index in [1.807, 2.05) is 0 Å². The molecule has 0 radical (unpaired) electrons. The fraction of sp³-hybridized carbons (Fsp3) is 0.827. The molecule has 7 unspecified atom stereocenters. The van der Waals surface area contributed by atoms with Gasteiger partial charge in [-0.05, 0) is 123 Å². The summed E-state index contributed by atoms with van der Waals surface area (Å²) in [5.74, 6) is 1.33. The van der Waals surface area contributed by atoms with Crippen LogP contribution in [-0.4, -0.2) is 166 Å². The predicted octanol–water partition coefficient (Wildman–Crippen LogP) is 3.74. The van der Waals surface area contributed by atoms with Gasteiger partial charge in [0.1, 0.15) is 67.6 Å². The van der Waals surface area contributed by atoms with E-state index in [1.165, 1.54) is 12.5 Å². The number of aliphatic hydroxyl groups excluding tert-OH is 7. The lowest BCUT2D eigenvalue weighted by Crippen LogP contribution is -2.65. The molecule has 5 heterocycles. The van der Waals surface area contributed by atoms with Crippen LogP contribution in [-0.2, 0) is 48.8 Å². The molecular formula is C52H73F3O17. The van der Waals surface area contributed by atoms with Crippen molar-refractivity contribution in [2.24, 2.45) is 46.3 Å². The van der Waals surface area contributed by atoms with Crippen molar-refractivity contribution >= 4 is 5.97 Å². The number of fused-ring (bicyclic) bond motifs is 7. The second-order valence-electron chi connectivity index (χ2n) is 23.1. The average Bonchev–Trinajstić information content (AvgIpc) is 3.91. The summed E-state index contributed by atoms with van der Waals surface area (Å²) >= 11 is 0. The Kier molecular flexibility index (Phi) is 14.6. The van der Waals surface area contributed by atoms with Gasteiger partial charge in [-0.25, -0.2) is 4.79 Å². The number of alkyl halides is 3. The van der Waals surface area contributed by atoms with Crippen LogP contribution in [0.4, 0.5) is 13.2 Å². The molecule has 17 nitrogen and oxygen atoms in total. The first-order valence-corrected chi connectivity index (χ1v) is 26.0. The number of aliphatic hydroxyl groups is 7. The van der Waals surface area contributed by atoms with Crippen molar-refractivity contribution in [3.05, 3.63) is 47.0 Å². The van der Waals surface area contributed by atoms with Gasteiger partial charge in [-0.3, -0.25) is 0 Å². The second-order valence-corrected chi connectivity index (χ2v) is 23.1. The second kappa shape index (κ2) is 19.9. The van der Waals surface area contributed by atoms with Crippen LogP contribution in [0.15, 0.2) is 35.9 Å². The van der Waals surface area contributed by atoms with E-state index in [9.17, 15) is 53.7 Å². The van der Waals surface area contributed by atoms with E-state index in [0.29, 0.717) is 60.5 Å². The van der Waals surface area contributed by atoms with Crippen LogP contribution in [0.3, 0.4) is 0 Å². The van der Waals surface area contributed by atoms with Gasteiger partial charge in [0.15, 0.2) is 24.7 Å². The van der Waals surface area contributed by atoms with Gasteiger partial charge in [0, 0.05) is 12.3 Å². The van der Waals surface area contributed by atoms with Gasteiger partial charge in [-0.1, -0.05) is 39.3 Å². The van der Waals surface area contributed by atoms with Gasteiger partial charge in [0.25, 0.3) is 0 Å². The quantitative estimate of drug-likeness (QED) is 0.131. The van der Waals surface area contributed by atoms with Gasteiger partial charge in [-0.2, -0.15) is 13.2 Å². The van der Waals surface area contributed by atoms with Crippen LogP contribution in [0, 0.1) is 46.3 Å². The molecule has 25 atom stereocenters. The van der Waals surface area contributed by atoms with Crippen LogP contribution >= 0.6 is 0 Å². The summed E-state index contributed by atoms with van der Waals surface area (Å²) in [6.45, 7) is 10.3. The average molecular weight is 1030 g/mol. The van der Waals surface area contributed by atoms with Crippen LogP contribution in [0.5, 0.6) is 0 Å². The molecule has 7 N–H and O–H groups in total. The number of allylic oxidation sites excluding steroid dienone is 1. The minimum absolute atomic E-state index is 0.0776. The minimum atomic E-state index is -4.62. The van der Waals surface area contributed by atoms with Crippen molar-refractivity contribution < 1.29 is 96.3 Å². The maximum Gasteiger partial charge on any atom is 0.416 e. The zero-order valence-electron chi connectivity index (χ0n) is 41.4.